The largest absolute Gasteiger partial charge is 0.493 e. The predicted molar refractivity (Wildman–Crippen MR) is 81.1 cm³/mol. The molecule has 1 aliphatic rings. The molecule has 0 bridgehead atoms. The molecule has 1 saturated heterocycles. The fourth-order valence-electron chi connectivity index (χ4n) is 2.71. The summed E-state index contributed by atoms with van der Waals surface area (Å²) >= 11 is 0. The van der Waals surface area contributed by atoms with Gasteiger partial charge < -0.3 is 14.2 Å². The normalized spacial score (nSPS) is 17.7. The van der Waals surface area contributed by atoms with Crippen LogP contribution >= 0.6 is 0 Å². The van der Waals surface area contributed by atoms with Crippen molar-refractivity contribution in [2.24, 2.45) is 0 Å². The standard InChI is InChI=1S/C17H24O4/c1-19-16-9-8-13(12-17(16)20-2)11-14(18)5-3-6-15-7-4-10-21-15/h8-9,12,15H,3-7,10-11H2,1-2H3. The second kappa shape index (κ2) is 8.03. The molecule has 1 unspecified atom stereocenters. The van der Waals surface area contributed by atoms with Crippen LogP contribution in [0.1, 0.15) is 37.7 Å². The fraction of sp³-hybridized carbons (Fsp3) is 0.588. The number of ether oxygens (including phenoxy) is 3. The van der Waals surface area contributed by atoms with Crippen molar-refractivity contribution in [1.29, 1.82) is 0 Å². The molecule has 0 aromatic heterocycles. The summed E-state index contributed by atoms with van der Waals surface area (Å²) in [5.74, 6) is 1.62. The van der Waals surface area contributed by atoms with Crippen molar-refractivity contribution in [3.8, 4) is 11.5 Å². The molecule has 1 aromatic rings. The van der Waals surface area contributed by atoms with Crippen LogP contribution in [0.15, 0.2) is 18.2 Å². The second-order valence-electron chi connectivity index (χ2n) is 5.43. The number of carbonyl (C=O) groups excluding carboxylic acids is 1. The highest BCUT2D eigenvalue weighted by Gasteiger charge is 2.15. The van der Waals surface area contributed by atoms with Gasteiger partial charge in [0, 0.05) is 19.4 Å². The predicted octanol–water partition coefficient (Wildman–Crippen LogP) is 3.16. The van der Waals surface area contributed by atoms with Gasteiger partial charge in [-0.15, -0.1) is 0 Å². The number of methoxy groups -OCH3 is 2. The number of benzene rings is 1. The van der Waals surface area contributed by atoms with Gasteiger partial charge >= 0.3 is 0 Å². The van der Waals surface area contributed by atoms with Crippen LogP contribution in [-0.2, 0) is 16.0 Å². The Morgan fingerprint density at radius 3 is 2.76 bits per heavy atom. The molecule has 0 aliphatic carbocycles. The molecule has 0 radical (unpaired) electrons. The lowest BCUT2D eigenvalue weighted by Gasteiger charge is -2.10. The van der Waals surface area contributed by atoms with Crippen molar-refractivity contribution in [2.45, 2.75) is 44.6 Å². The number of carbonyl (C=O) groups is 1. The van der Waals surface area contributed by atoms with Crippen molar-refractivity contribution >= 4 is 5.78 Å². The Hall–Kier alpha value is -1.55. The van der Waals surface area contributed by atoms with Crippen LogP contribution in [0, 0.1) is 0 Å². The summed E-state index contributed by atoms with van der Waals surface area (Å²) < 4.78 is 16.0. The minimum atomic E-state index is 0.264. The molecule has 1 aromatic carbocycles. The molecule has 116 valence electrons. The van der Waals surface area contributed by atoms with E-state index in [1.165, 1.54) is 0 Å². The summed E-state index contributed by atoms with van der Waals surface area (Å²) in [5.41, 5.74) is 0.967. The number of ketones is 1. The monoisotopic (exact) mass is 292 g/mol. The summed E-state index contributed by atoms with van der Waals surface area (Å²) in [6.07, 6.45) is 5.65. The Kier molecular flexibility index (Phi) is 6.05. The molecule has 1 aliphatic heterocycles. The van der Waals surface area contributed by atoms with E-state index in [1.807, 2.05) is 18.2 Å². The van der Waals surface area contributed by atoms with Gasteiger partial charge in [0.2, 0.25) is 0 Å². The third kappa shape index (κ3) is 4.74. The van der Waals surface area contributed by atoms with E-state index in [-0.39, 0.29) is 5.78 Å². The quantitative estimate of drug-likeness (QED) is 0.738. The van der Waals surface area contributed by atoms with Gasteiger partial charge in [-0.05, 0) is 43.4 Å². The van der Waals surface area contributed by atoms with Crippen LogP contribution in [0.5, 0.6) is 11.5 Å². The van der Waals surface area contributed by atoms with E-state index >= 15 is 0 Å². The average Bonchev–Trinajstić information content (AvgIpc) is 3.00. The maximum absolute atomic E-state index is 12.0. The lowest BCUT2D eigenvalue weighted by molar-refractivity contribution is -0.118. The molecule has 2 rings (SSSR count). The zero-order valence-electron chi connectivity index (χ0n) is 12.9. The van der Waals surface area contributed by atoms with Gasteiger partial charge in [-0.25, -0.2) is 0 Å². The maximum atomic E-state index is 12.0. The van der Waals surface area contributed by atoms with E-state index in [0.717, 1.165) is 37.9 Å². The first kappa shape index (κ1) is 15.8. The van der Waals surface area contributed by atoms with Gasteiger partial charge in [0.25, 0.3) is 0 Å². The first-order valence-electron chi connectivity index (χ1n) is 7.57. The van der Waals surface area contributed by atoms with Crippen molar-refractivity contribution < 1.29 is 19.0 Å². The molecular formula is C17H24O4. The maximum Gasteiger partial charge on any atom is 0.161 e. The van der Waals surface area contributed by atoms with Crippen molar-refractivity contribution in [1.82, 2.24) is 0 Å². The molecule has 0 amide bonds. The van der Waals surface area contributed by atoms with E-state index < -0.39 is 0 Å². The summed E-state index contributed by atoms with van der Waals surface area (Å²) in [6, 6.07) is 5.63. The van der Waals surface area contributed by atoms with E-state index in [9.17, 15) is 4.79 Å². The topological polar surface area (TPSA) is 44.8 Å². The van der Waals surface area contributed by atoms with E-state index in [0.29, 0.717) is 30.4 Å². The van der Waals surface area contributed by atoms with Gasteiger partial charge in [-0.2, -0.15) is 0 Å². The molecular weight excluding hydrogens is 268 g/mol. The molecule has 0 spiro atoms. The number of rotatable bonds is 8. The average molecular weight is 292 g/mol. The Labute approximate surface area is 126 Å². The molecule has 1 heterocycles. The summed E-state index contributed by atoms with van der Waals surface area (Å²) in [4.78, 5) is 12.0. The second-order valence-corrected chi connectivity index (χ2v) is 5.43. The third-order valence-electron chi connectivity index (χ3n) is 3.85. The summed E-state index contributed by atoms with van der Waals surface area (Å²) in [7, 11) is 3.21. The smallest absolute Gasteiger partial charge is 0.161 e. The van der Waals surface area contributed by atoms with E-state index in [4.69, 9.17) is 14.2 Å². The van der Waals surface area contributed by atoms with E-state index in [1.54, 1.807) is 14.2 Å². The summed E-state index contributed by atoms with van der Waals surface area (Å²) in [6.45, 7) is 0.879. The fourth-order valence-corrected chi connectivity index (χ4v) is 2.71. The molecule has 21 heavy (non-hydrogen) atoms. The molecule has 4 heteroatoms. The number of hydrogen-bond acceptors (Lipinski definition) is 4. The molecule has 1 atom stereocenters. The van der Waals surface area contributed by atoms with E-state index in [2.05, 4.69) is 0 Å². The highest BCUT2D eigenvalue weighted by molar-refractivity contribution is 5.81. The van der Waals surface area contributed by atoms with Crippen LogP contribution in [0.2, 0.25) is 0 Å². The van der Waals surface area contributed by atoms with Crippen LogP contribution in [0.4, 0.5) is 0 Å². The Balaban J connectivity index is 1.78. The Morgan fingerprint density at radius 1 is 1.29 bits per heavy atom. The summed E-state index contributed by atoms with van der Waals surface area (Å²) in [5, 5.41) is 0. The Bertz CT molecular complexity index is 464. The van der Waals surface area contributed by atoms with Gasteiger partial charge in [0.1, 0.15) is 5.78 Å². The number of Topliss-reactive ketones (excluding diaryl/α,β-unsaturated/α-hetero) is 1. The first-order valence-corrected chi connectivity index (χ1v) is 7.57. The molecule has 0 saturated carbocycles. The minimum Gasteiger partial charge on any atom is -0.493 e. The molecule has 1 fully saturated rings. The molecule has 4 nitrogen and oxygen atoms in total. The van der Waals surface area contributed by atoms with Crippen LogP contribution < -0.4 is 9.47 Å². The van der Waals surface area contributed by atoms with Crippen LogP contribution in [-0.4, -0.2) is 32.7 Å². The van der Waals surface area contributed by atoms with Gasteiger partial charge in [-0.1, -0.05) is 6.07 Å². The zero-order valence-corrected chi connectivity index (χ0v) is 12.9. The number of hydrogen-bond donors (Lipinski definition) is 0. The van der Waals surface area contributed by atoms with Crippen molar-refractivity contribution in [2.75, 3.05) is 20.8 Å². The van der Waals surface area contributed by atoms with Gasteiger partial charge in [0.15, 0.2) is 11.5 Å². The highest BCUT2D eigenvalue weighted by atomic mass is 16.5. The van der Waals surface area contributed by atoms with Crippen molar-refractivity contribution in [3.05, 3.63) is 23.8 Å². The Morgan fingerprint density at radius 2 is 2.10 bits per heavy atom. The van der Waals surface area contributed by atoms with Crippen LogP contribution in [0.25, 0.3) is 0 Å². The highest BCUT2D eigenvalue weighted by Crippen LogP contribution is 2.28. The zero-order chi connectivity index (χ0) is 15.1. The molecule has 0 N–H and O–H groups in total. The SMILES string of the molecule is COc1ccc(CC(=O)CCCC2CCCO2)cc1OC. The van der Waals surface area contributed by atoms with Gasteiger partial charge in [0.05, 0.1) is 20.3 Å². The lowest BCUT2D eigenvalue weighted by atomic mass is 10.0. The van der Waals surface area contributed by atoms with Crippen LogP contribution in [0.3, 0.4) is 0 Å². The lowest BCUT2D eigenvalue weighted by Crippen LogP contribution is -2.08. The minimum absolute atomic E-state index is 0.264. The first-order chi connectivity index (χ1) is 10.2. The van der Waals surface area contributed by atoms with Crippen molar-refractivity contribution in [3.63, 3.8) is 0 Å². The third-order valence-corrected chi connectivity index (χ3v) is 3.85. The van der Waals surface area contributed by atoms with Gasteiger partial charge in [-0.3, -0.25) is 4.79 Å².